The monoisotopic (exact) mass is 400 g/mol. The van der Waals surface area contributed by atoms with Crippen molar-refractivity contribution in [3.63, 3.8) is 0 Å². The SMILES string of the molecule is O=C(Nc1c2c(nn1-c1ccccc1)CSC2)c1cc([N+](=O)[O-])ccc1Cl. The van der Waals surface area contributed by atoms with Gasteiger partial charge >= 0.3 is 0 Å². The molecule has 0 atom stereocenters. The lowest BCUT2D eigenvalue weighted by atomic mass is 10.2. The summed E-state index contributed by atoms with van der Waals surface area (Å²) in [6.45, 7) is 0. The first-order valence-electron chi connectivity index (χ1n) is 8.04. The molecule has 0 saturated heterocycles. The second kappa shape index (κ2) is 7.05. The molecule has 0 aliphatic carbocycles. The predicted octanol–water partition coefficient (Wildman–Crippen LogP) is 4.43. The summed E-state index contributed by atoms with van der Waals surface area (Å²) in [5, 5.41) is 18.6. The van der Waals surface area contributed by atoms with Crippen molar-refractivity contribution >= 4 is 40.8 Å². The largest absolute Gasteiger partial charge is 0.306 e. The number of hydrogen-bond acceptors (Lipinski definition) is 5. The van der Waals surface area contributed by atoms with Crippen LogP contribution in [0.1, 0.15) is 21.6 Å². The zero-order valence-electron chi connectivity index (χ0n) is 13.9. The first-order valence-corrected chi connectivity index (χ1v) is 9.57. The molecule has 0 saturated carbocycles. The number of para-hydroxylation sites is 1. The number of nitro benzene ring substituents is 1. The number of non-ortho nitro benzene ring substituents is 1. The maximum Gasteiger partial charge on any atom is 0.270 e. The molecule has 2 aromatic carbocycles. The maximum absolute atomic E-state index is 12.8. The summed E-state index contributed by atoms with van der Waals surface area (Å²) in [6.07, 6.45) is 0. The minimum atomic E-state index is -0.560. The van der Waals surface area contributed by atoms with Crippen molar-refractivity contribution in [2.75, 3.05) is 5.32 Å². The number of nitro groups is 1. The normalized spacial score (nSPS) is 12.6. The van der Waals surface area contributed by atoms with E-state index in [9.17, 15) is 14.9 Å². The molecule has 1 aromatic heterocycles. The highest BCUT2D eigenvalue weighted by atomic mass is 35.5. The Morgan fingerprint density at radius 1 is 1.22 bits per heavy atom. The van der Waals surface area contributed by atoms with Crippen molar-refractivity contribution in [3.05, 3.63) is 80.5 Å². The Labute approximate surface area is 163 Å². The van der Waals surface area contributed by atoms with Crippen LogP contribution in [0.4, 0.5) is 11.5 Å². The van der Waals surface area contributed by atoms with Gasteiger partial charge in [-0.2, -0.15) is 16.9 Å². The van der Waals surface area contributed by atoms with Crippen LogP contribution in [0.5, 0.6) is 0 Å². The van der Waals surface area contributed by atoms with Crippen LogP contribution < -0.4 is 5.32 Å². The Morgan fingerprint density at radius 3 is 2.74 bits per heavy atom. The smallest absolute Gasteiger partial charge is 0.270 e. The van der Waals surface area contributed by atoms with Crippen molar-refractivity contribution in [3.8, 4) is 5.69 Å². The van der Waals surface area contributed by atoms with Crippen molar-refractivity contribution in [1.82, 2.24) is 9.78 Å². The number of aromatic nitrogens is 2. The van der Waals surface area contributed by atoms with Crippen molar-refractivity contribution < 1.29 is 9.72 Å². The van der Waals surface area contributed by atoms with Crippen molar-refractivity contribution in [1.29, 1.82) is 0 Å². The van der Waals surface area contributed by atoms with E-state index in [0.29, 0.717) is 5.82 Å². The van der Waals surface area contributed by atoms with Crippen LogP contribution >= 0.6 is 23.4 Å². The van der Waals surface area contributed by atoms with Gasteiger partial charge in [0.1, 0.15) is 5.82 Å². The van der Waals surface area contributed by atoms with E-state index < -0.39 is 10.8 Å². The molecule has 136 valence electrons. The second-order valence-corrected chi connectivity index (χ2v) is 7.28. The highest BCUT2D eigenvalue weighted by molar-refractivity contribution is 7.98. The number of carbonyl (C=O) groups is 1. The third-order valence-corrected chi connectivity index (χ3v) is 5.49. The van der Waals surface area contributed by atoms with Crippen LogP contribution in [0.2, 0.25) is 5.02 Å². The van der Waals surface area contributed by atoms with Gasteiger partial charge in [0.05, 0.1) is 26.9 Å². The fourth-order valence-corrected chi connectivity index (χ4v) is 4.11. The van der Waals surface area contributed by atoms with Crippen molar-refractivity contribution in [2.24, 2.45) is 0 Å². The molecule has 1 amide bonds. The van der Waals surface area contributed by atoms with Gasteiger partial charge in [-0.15, -0.1) is 0 Å². The minimum Gasteiger partial charge on any atom is -0.306 e. The maximum atomic E-state index is 12.8. The summed E-state index contributed by atoms with van der Waals surface area (Å²) in [5.41, 5.74) is 2.55. The Kier molecular flexibility index (Phi) is 4.59. The van der Waals surface area contributed by atoms with Gasteiger partial charge in [0, 0.05) is 29.2 Å². The molecule has 0 unspecified atom stereocenters. The van der Waals surface area contributed by atoms with Crippen LogP contribution in [0.15, 0.2) is 48.5 Å². The molecular formula is C18H13ClN4O3S. The number of anilines is 1. The molecule has 0 fully saturated rings. The highest BCUT2D eigenvalue weighted by Crippen LogP contribution is 2.36. The van der Waals surface area contributed by atoms with Crippen LogP contribution in [-0.4, -0.2) is 20.6 Å². The molecular weight excluding hydrogens is 388 g/mol. The Balaban J connectivity index is 1.74. The zero-order chi connectivity index (χ0) is 19.0. The van der Waals surface area contributed by atoms with Gasteiger partial charge in [-0.05, 0) is 18.2 Å². The molecule has 1 N–H and O–H groups in total. The molecule has 0 radical (unpaired) electrons. The fraction of sp³-hybridized carbons (Fsp3) is 0.111. The quantitative estimate of drug-likeness (QED) is 0.516. The van der Waals surface area contributed by atoms with E-state index in [-0.39, 0.29) is 16.3 Å². The lowest BCUT2D eigenvalue weighted by molar-refractivity contribution is -0.384. The number of nitrogens with zero attached hydrogens (tertiary/aromatic N) is 3. The van der Waals surface area contributed by atoms with Crippen LogP contribution in [0, 0.1) is 10.1 Å². The second-order valence-electron chi connectivity index (χ2n) is 5.89. The first kappa shape index (κ1) is 17.6. The molecule has 4 rings (SSSR count). The van der Waals surface area contributed by atoms with E-state index in [4.69, 9.17) is 11.6 Å². The fourth-order valence-electron chi connectivity index (χ4n) is 2.87. The highest BCUT2D eigenvalue weighted by Gasteiger charge is 2.26. The van der Waals surface area contributed by atoms with Gasteiger partial charge in [0.15, 0.2) is 0 Å². The third-order valence-electron chi connectivity index (χ3n) is 4.19. The Bertz CT molecular complexity index is 1050. The lowest BCUT2D eigenvalue weighted by Gasteiger charge is -2.11. The van der Waals surface area contributed by atoms with Gasteiger partial charge in [0.2, 0.25) is 0 Å². The number of halogens is 1. The number of amides is 1. The molecule has 0 spiro atoms. The number of hydrogen-bond donors (Lipinski definition) is 1. The van der Waals surface area contributed by atoms with Gasteiger partial charge in [-0.3, -0.25) is 14.9 Å². The average molecular weight is 401 g/mol. The molecule has 9 heteroatoms. The van der Waals surface area contributed by atoms with Gasteiger partial charge in [-0.25, -0.2) is 4.68 Å². The molecule has 7 nitrogen and oxygen atoms in total. The summed E-state index contributed by atoms with van der Waals surface area (Å²) in [5.74, 6) is 1.56. The van der Waals surface area contributed by atoms with Gasteiger partial charge in [0.25, 0.3) is 11.6 Å². The lowest BCUT2D eigenvalue weighted by Crippen LogP contribution is -2.17. The van der Waals surface area contributed by atoms with E-state index in [0.717, 1.165) is 28.5 Å². The summed E-state index contributed by atoms with van der Waals surface area (Å²) < 4.78 is 1.69. The number of nitrogens with one attached hydrogen (secondary N) is 1. The Morgan fingerprint density at radius 2 is 2.00 bits per heavy atom. The molecule has 0 bridgehead atoms. The average Bonchev–Trinajstić information content (AvgIpc) is 3.25. The van der Waals surface area contributed by atoms with Crippen molar-refractivity contribution in [2.45, 2.75) is 11.5 Å². The molecule has 27 heavy (non-hydrogen) atoms. The molecule has 1 aliphatic rings. The summed E-state index contributed by atoms with van der Waals surface area (Å²) in [4.78, 5) is 23.3. The minimum absolute atomic E-state index is 0.0473. The van der Waals surface area contributed by atoms with E-state index in [1.165, 1.54) is 18.2 Å². The van der Waals surface area contributed by atoms with Gasteiger partial charge < -0.3 is 5.32 Å². The number of rotatable bonds is 4. The molecule has 2 heterocycles. The van der Waals surface area contributed by atoms with E-state index in [1.807, 2.05) is 30.3 Å². The van der Waals surface area contributed by atoms with Gasteiger partial charge in [-0.1, -0.05) is 29.8 Å². The van der Waals surface area contributed by atoms with E-state index >= 15 is 0 Å². The van der Waals surface area contributed by atoms with Crippen LogP contribution in [0.3, 0.4) is 0 Å². The zero-order valence-corrected chi connectivity index (χ0v) is 15.5. The standard InChI is InChI=1S/C18H13ClN4O3S/c19-15-7-6-12(23(25)26)8-13(15)18(24)20-17-14-9-27-10-16(14)21-22(17)11-4-2-1-3-5-11/h1-8H,9-10H2,(H,20,24). The number of benzene rings is 2. The number of fused-ring (bicyclic) bond motifs is 1. The summed E-state index contributed by atoms with van der Waals surface area (Å²) in [6, 6.07) is 13.3. The first-order chi connectivity index (χ1) is 13.0. The summed E-state index contributed by atoms with van der Waals surface area (Å²) >= 11 is 7.82. The van der Waals surface area contributed by atoms with E-state index in [2.05, 4.69) is 10.4 Å². The molecule has 3 aromatic rings. The van der Waals surface area contributed by atoms with Crippen LogP contribution in [-0.2, 0) is 11.5 Å². The molecule has 1 aliphatic heterocycles. The number of carbonyl (C=O) groups excluding carboxylic acids is 1. The van der Waals surface area contributed by atoms with Crippen LogP contribution in [0.25, 0.3) is 5.69 Å². The Hall–Kier alpha value is -2.84. The third kappa shape index (κ3) is 3.29. The summed E-state index contributed by atoms with van der Waals surface area (Å²) in [7, 11) is 0. The number of thioether (sulfide) groups is 1. The predicted molar refractivity (Wildman–Crippen MR) is 105 cm³/mol. The topological polar surface area (TPSA) is 90.1 Å². The van der Waals surface area contributed by atoms with E-state index in [1.54, 1.807) is 16.4 Å².